The van der Waals surface area contributed by atoms with Crippen molar-refractivity contribution in [1.82, 2.24) is 9.88 Å². The molecule has 1 aromatic carbocycles. The van der Waals surface area contributed by atoms with E-state index >= 15 is 0 Å². The van der Waals surface area contributed by atoms with E-state index in [1.54, 1.807) is 13.1 Å². The molecule has 0 bridgehead atoms. The van der Waals surface area contributed by atoms with E-state index in [0.29, 0.717) is 13.1 Å². The number of aliphatic hydroxyl groups excluding tert-OH is 1. The Morgan fingerprint density at radius 2 is 2.05 bits per heavy atom. The number of aromatic nitrogens is 1. The molecule has 1 aromatic heterocycles. The monoisotopic (exact) mass is 276 g/mol. The molecule has 0 aliphatic heterocycles. The van der Waals surface area contributed by atoms with E-state index in [9.17, 15) is 9.50 Å². The van der Waals surface area contributed by atoms with Crippen LogP contribution in [0.25, 0.3) is 10.9 Å². The van der Waals surface area contributed by atoms with E-state index in [4.69, 9.17) is 0 Å². The number of hydrogen-bond donors (Lipinski definition) is 1. The van der Waals surface area contributed by atoms with E-state index in [0.717, 1.165) is 16.5 Å². The summed E-state index contributed by atoms with van der Waals surface area (Å²) in [4.78, 5) is 6.48. The van der Waals surface area contributed by atoms with Crippen LogP contribution < -0.4 is 0 Å². The smallest absolute Gasteiger partial charge is 0.124 e. The molecule has 0 unspecified atom stereocenters. The lowest BCUT2D eigenvalue weighted by atomic mass is 10.1. The highest BCUT2D eigenvalue weighted by Gasteiger charge is 2.15. The van der Waals surface area contributed by atoms with Crippen molar-refractivity contribution in [3.05, 3.63) is 41.8 Å². The molecule has 0 fully saturated rings. The Balaban J connectivity index is 2.36. The predicted molar refractivity (Wildman–Crippen MR) is 78.9 cm³/mol. The average molecular weight is 276 g/mol. The van der Waals surface area contributed by atoms with Gasteiger partial charge < -0.3 is 5.11 Å². The van der Waals surface area contributed by atoms with Crippen LogP contribution in [0.1, 0.15) is 26.3 Å². The lowest BCUT2D eigenvalue weighted by molar-refractivity contribution is 0.103. The molecule has 0 saturated carbocycles. The van der Waals surface area contributed by atoms with Gasteiger partial charge in [-0.15, -0.1) is 0 Å². The van der Waals surface area contributed by atoms with Gasteiger partial charge in [-0.25, -0.2) is 4.39 Å². The fraction of sp³-hybridized carbons (Fsp3) is 0.438. The predicted octanol–water partition coefficient (Wildman–Crippen LogP) is 2.97. The summed E-state index contributed by atoms with van der Waals surface area (Å²) in [7, 11) is 0. The van der Waals surface area contributed by atoms with Crippen LogP contribution in [-0.2, 0) is 6.54 Å². The Morgan fingerprint density at radius 3 is 2.70 bits per heavy atom. The van der Waals surface area contributed by atoms with Crippen molar-refractivity contribution >= 4 is 10.9 Å². The molecule has 1 N–H and O–H groups in total. The number of halogens is 1. The quantitative estimate of drug-likeness (QED) is 0.912. The fourth-order valence-corrected chi connectivity index (χ4v) is 2.36. The number of nitrogens with zero attached hydrogens (tertiary/aromatic N) is 2. The van der Waals surface area contributed by atoms with Crippen LogP contribution in [0, 0.1) is 5.82 Å². The maximum absolute atomic E-state index is 13.7. The average Bonchev–Trinajstić information content (AvgIpc) is 2.37. The molecule has 3 nitrogen and oxygen atoms in total. The van der Waals surface area contributed by atoms with Gasteiger partial charge in [0.2, 0.25) is 0 Å². The van der Waals surface area contributed by atoms with Crippen molar-refractivity contribution in [2.45, 2.75) is 39.5 Å². The van der Waals surface area contributed by atoms with Gasteiger partial charge in [-0.05, 0) is 44.5 Å². The molecule has 1 heterocycles. The summed E-state index contributed by atoms with van der Waals surface area (Å²) >= 11 is 0. The molecule has 0 amide bonds. The molecule has 0 aliphatic rings. The van der Waals surface area contributed by atoms with Gasteiger partial charge in [0.05, 0.1) is 11.6 Å². The number of rotatable bonds is 5. The van der Waals surface area contributed by atoms with Gasteiger partial charge in [-0.1, -0.05) is 6.07 Å². The second kappa shape index (κ2) is 6.29. The van der Waals surface area contributed by atoms with Gasteiger partial charge in [0, 0.05) is 30.7 Å². The van der Waals surface area contributed by atoms with Crippen molar-refractivity contribution in [2.24, 2.45) is 0 Å². The number of aliphatic hydroxyl groups is 1. The van der Waals surface area contributed by atoms with Gasteiger partial charge in [-0.2, -0.15) is 0 Å². The van der Waals surface area contributed by atoms with Gasteiger partial charge in [0.1, 0.15) is 5.82 Å². The normalized spacial score (nSPS) is 13.3. The van der Waals surface area contributed by atoms with Crippen molar-refractivity contribution in [1.29, 1.82) is 0 Å². The molecular formula is C16H21FN2O. The topological polar surface area (TPSA) is 36.4 Å². The summed E-state index contributed by atoms with van der Waals surface area (Å²) in [6, 6.07) is 6.98. The van der Waals surface area contributed by atoms with Crippen LogP contribution in [0.3, 0.4) is 0 Å². The second-order valence-electron chi connectivity index (χ2n) is 5.51. The van der Waals surface area contributed by atoms with Crippen LogP contribution in [-0.4, -0.2) is 33.7 Å². The summed E-state index contributed by atoms with van der Waals surface area (Å²) in [5.41, 5.74) is 1.68. The van der Waals surface area contributed by atoms with Gasteiger partial charge in [0.25, 0.3) is 0 Å². The van der Waals surface area contributed by atoms with Gasteiger partial charge >= 0.3 is 0 Å². The molecule has 2 rings (SSSR count). The van der Waals surface area contributed by atoms with Gasteiger partial charge in [0.15, 0.2) is 0 Å². The Hall–Kier alpha value is -1.52. The standard InChI is InChI=1S/C16H21FN2O/c1-11(2)19(9-12(3)20)10-14-8-15(17)7-13-5-4-6-18-16(13)14/h4-8,11-12,20H,9-10H2,1-3H3/t12-/m1/s1. The molecule has 1 atom stereocenters. The highest BCUT2D eigenvalue weighted by molar-refractivity contribution is 5.81. The van der Waals surface area contributed by atoms with Crippen LogP contribution in [0.15, 0.2) is 30.5 Å². The summed E-state index contributed by atoms with van der Waals surface area (Å²) in [5.74, 6) is -0.249. The fourth-order valence-electron chi connectivity index (χ4n) is 2.36. The first kappa shape index (κ1) is 14.9. The summed E-state index contributed by atoms with van der Waals surface area (Å²) in [5, 5.41) is 10.4. The van der Waals surface area contributed by atoms with Crippen LogP contribution >= 0.6 is 0 Å². The molecular weight excluding hydrogens is 255 g/mol. The Morgan fingerprint density at radius 1 is 1.30 bits per heavy atom. The van der Waals surface area contributed by atoms with Crippen molar-refractivity contribution in [2.75, 3.05) is 6.54 Å². The van der Waals surface area contributed by atoms with Crippen molar-refractivity contribution in [3.63, 3.8) is 0 Å². The molecule has 2 aromatic rings. The van der Waals surface area contributed by atoms with E-state index in [1.807, 2.05) is 12.1 Å². The zero-order valence-electron chi connectivity index (χ0n) is 12.2. The maximum Gasteiger partial charge on any atom is 0.124 e. The molecule has 0 aliphatic carbocycles. The van der Waals surface area contributed by atoms with Crippen LogP contribution in [0.4, 0.5) is 4.39 Å². The zero-order chi connectivity index (χ0) is 14.7. The first-order valence-electron chi connectivity index (χ1n) is 6.92. The molecule has 4 heteroatoms. The number of benzene rings is 1. The Bertz CT molecular complexity index is 584. The van der Waals surface area contributed by atoms with Crippen molar-refractivity contribution < 1.29 is 9.50 Å². The third kappa shape index (κ3) is 3.52. The minimum absolute atomic E-state index is 0.249. The summed E-state index contributed by atoms with van der Waals surface area (Å²) < 4.78 is 13.7. The molecule has 0 saturated heterocycles. The number of fused-ring (bicyclic) bond motifs is 1. The highest BCUT2D eigenvalue weighted by Crippen LogP contribution is 2.20. The largest absolute Gasteiger partial charge is 0.392 e. The molecule has 0 spiro atoms. The SMILES string of the molecule is CC(C)N(Cc1cc(F)cc2cccnc12)C[C@@H](C)O. The van der Waals surface area contributed by atoms with E-state index in [-0.39, 0.29) is 11.9 Å². The first-order chi connectivity index (χ1) is 9.47. The number of pyridine rings is 1. The lowest BCUT2D eigenvalue weighted by Crippen LogP contribution is -2.36. The van der Waals surface area contributed by atoms with Crippen LogP contribution in [0.2, 0.25) is 0 Å². The van der Waals surface area contributed by atoms with Crippen molar-refractivity contribution in [3.8, 4) is 0 Å². The third-order valence-electron chi connectivity index (χ3n) is 3.35. The number of hydrogen-bond acceptors (Lipinski definition) is 3. The molecule has 0 radical (unpaired) electrons. The Labute approximate surface area is 119 Å². The lowest BCUT2D eigenvalue weighted by Gasteiger charge is -2.28. The second-order valence-corrected chi connectivity index (χ2v) is 5.51. The Kier molecular flexibility index (Phi) is 4.68. The minimum atomic E-state index is -0.412. The van der Waals surface area contributed by atoms with E-state index < -0.39 is 6.10 Å². The van der Waals surface area contributed by atoms with Crippen LogP contribution in [0.5, 0.6) is 0 Å². The summed E-state index contributed by atoms with van der Waals surface area (Å²) in [6.07, 6.45) is 1.31. The minimum Gasteiger partial charge on any atom is -0.392 e. The van der Waals surface area contributed by atoms with E-state index in [2.05, 4.69) is 23.7 Å². The third-order valence-corrected chi connectivity index (χ3v) is 3.35. The maximum atomic E-state index is 13.7. The first-order valence-corrected chi connectivity index (χ1v) is 6.92. The summed E-state index contributed by atoms with van der Waals surface area (Å²) in [6.45, 7) is 7.03. The molecule has 108 valence electrons. The van der Waals surface area contributed by atoms with Gasteiger partial charge in [-0.3, -0.25) is 9.88 Å². The molecule has 20 heavy (non-hydrogen) atoms. The van der Waals surface area contributed by atoms with E-state index in [1.165, 1.54) is 12.1 Å². The highest BCUT2D eigenvalue weighted by atomic mass is 19.1. The zero-order valence-corrected chi connectivity index (χ0v) is 12.2.